The average Bonchev–Trinajstić information content (AvgIpc) is 0.750. The Morgan fingerprint density at radius 3 is 1.18 bits per heavy atom. The molecule has 0 aliphatic carbocycles. The van der Waals surface area contributed by atoms with Gasteiger partial charge in [0.25, 0.3) is 6.71 Å². The molecule has 0 amide bonds. The number of thiophene rings is 1. The van der Waals surface area contributed by atoms with Gasteiger partial charge in [0.05, 0.1) is 16.1 Å². The molecule has 0 atom stereocenters. The maximum absolute atomic E-state index is 2.67. The van der Waals surface area contributed by atoms with Crippen molar-refractivity contribution in [1.82, 2.24) is 0 Å². The molecular formula is C88H91BN4S. The SMILES string of the molecule is CC(C)(C)c1ccc(N(c2ccc(C(C)(C)C)cc2)c2cc3c4c(c2)N(c2cc(N(c5ccc(C(C)(C)C)cc5)c5ccc(C(C)(C)C)cc5)c5sc6ccccc6c5c2)c2ccc5ccccc5c2B4c2cc(C(C)(C)C)ccc2N3c2ccc(C(C)(C)C)cc2)cc1. The molecule has 0 bridgehead atoms. The fraction of sp³-hybridized carbons (Fsp3) is 0.273. The molecule has 0 saturated heterocycles. The van der Waals surface area contributed by atoms with Crippen LogP contribution in [0.1, 0.15) is 158 Å². The molecule has 0 spiro atoms. The summed E-state index contributed by atoms with van der Waals surface area (Å²) < 4.78 is 2.50. The van der Waals surface area contributed by atoms with Crippen LogP contribution < -0.4 is 36.0 Å². The van der Waals surface area contributed by atoms with E-state index in [1.807, 2.05) is 11.3 Å². The molecule has 0 unspecified atom stereocenters. The minimum atomic E-state index is -0.145. The summed E-state index contributed by atoms with van der Waals surface area (Å²) in [6.07, 6.45) is 0. The lowest BCUT2D eigenvalue weighted by Crippen LogP contribution is -2.61. The van der Waals surface area contributed by atoms with Gasteiger partial charge < -0.3 is 19.6 Å². The highest BCUT2D eigenvalue weighted by Crippen LogP contribution is 2.54. The van der Waals surface area contributed by atoms with Crippen LogP contribution in [0.5, 0.6) is 0 Å². The Balaban J connectivity index is 1.14. The number of hydrogen-bond acceptors (Lipinski definition) is 5. The quantitative estimate of drug-likeness (QED) is 0.141. The number of fused-ring (bicyclic) bond motifs is 9. The van der Waals surface area contributed by atoms with Crippen LogP contribution in [-0.2, 0) is 32.5 Å². The molecule has 472 valence electrons. The molecular weight excluding hydrogens is 1160 g/mol. The zero-order chi connectivity index (χ0) is 66.3. The number of rotatable bonds is 8. The number of anilines is 12. The molecule has 0 radical (unpaired) electrons. The van der Waals surface area contributed by atoms with Crippen LogP contribution >= 0.6 is 11.3 Å². The molecule has 6 heteroatoms. The van der Waals surface area contributed by atoms with Gasteiger partial charge in [0.1, 0.15) is 0 Å². The number of nitrogens with zero attached hydrogens (tertiary/aromatic N) is 4. The Morgan fingerprint density at radius 2 is 0.702 bits per heavy atom. The van der Waals surface area contributed by atoms with Gasteiger partial charge in [-0.05, 0) is 196 Å². The second-order valence-corrected chi connectivity index (χ2v) is 33.9. The molecule has 2 aliphatic heterocycles. The standard InChI is InChI=1S/C88H91BN4S/c1-83(2,3)57-28-39-63(40-29-57)90(64-41-30-58(31-42-64)84(4,5)6)69-53-76-81-77(54-69)93(75-49-27-56-23-19-20-24-70(56)80(75)89(81)73-51-62(88(16,17)18)38-50-74(73)92(76)67-47-36-61(37-48-67)87(13,14)15)68-52-72-71-25-21-22-26-79(71)94-82(72)78(55-68)91(65-43-32-59(33-44-65)85(7,8)9)66-45-34-60(35-46-66)86(10,11)12/h19-55H,1-18H3. The van der Waals surface area contributed by atoms with Gasteiger partial charge in [-0.2, -0.15) is 0 Å². The van der Waals surface area contributed by atoms with E-state index in [9.17, 15) is 0 Å². The molecule has 11 aromatic carbocycles. The first-order valence-electron chi connectivity index (χ1n) is 33.9. The average molecular weight is 1250 g/mol. The Hall–Kier alpha value is -8.84. The Bertz CT molecular complexity index is 4760. The van der Waals surface area contributed by atoms with E-state index >= 15 is 0 Å². The molecule has 12 aromatic rings. The molecule has 1 aromatic heterocycles. The summed E-state index contributed by atoms with van der Waals surface area (Å²) in [5, 5.41) is 4.96. The van der Waals surface area contributed by atoms with Crippen molar-refractivity contribution in [3.63, 3.8) is 0 Å². The van der Waals surface area contributed by atoms with Gasteiger partial charge in [-0.1, -0.05) is 246 Å². The van der Waals surface area contributed by atoms with E-state index in [0.717, 1.165) is 56.9 Å². The van der Waals surface area contributed by atoms with Gasteiger partial charge in [-0.3, -0.25) is 0 Å². The fourth-order valence-corrected chi connectivity index (χ4v) is 15.6. The predicted octanol–water partition coefficient (Wildman–Crippen LogP) is 24.0. The van der Waals surface area contributed by atoms with Crippen molar-refractivity contribution >= 4 is 134 Å². The lowest BCUT2D eigenvalue weighted by Gasteiger charge is -2.46. The van der Waals surface area contributed by atoms with Gasteiger partial charge in [-0.15, -0.1) is 11.3 Å². The summed E-state index contributed by atoms with van der Waals surface area (Å²) in [5.74, 6) is 0. The lowest BCUT2D eigenvalue weighted by atomic mass is 9.32. The van der Waals surface area contributed by atoms with Crippen molar-refractivity contribution in [2.45, 2.75) is 157 Å². The van der Waals surface area contributed by atoms with Gasteiger partial charge in [0, 0.05) is 72.3 Å². The summed E-state index contributed by atoms with van der Waals surface area (Å²) >= 11 is 1.89. The number of hydrogen-bond donors (Lipinski definition) is 0. The molecule has 0 fully saturated rings. The van der Waals surface area contributed by atoms with Crippen LogP contribution in [0.25, 0.3) is 30.9 Å². The summed E-state index contributed by atoms with van der Waals surface area (Å²) in [7, 11) is 0. The molecule has 0 saturated carbocycles. The zero-order valence-electron chi connectivity index (χ0n) is 58.6. The van der Waals surface area contributed by atoms with Crippen molar-refractivity contribution in [3.05, 3.63) is 258 Å². The molecule has 4 nitrogen and oxygen atoms in total. The first kappa shape index (κ1) is 62.6. The molecule has 3 heterocycles. The second kappa shape index (κ2) is 22.4. The third-order valence-electron chi connectivity index (χ3n) is 20.0. The second-order valence-electron chi connectivity index (χ2n) is 32.8. The topological polar surface area (TPSA) is 13.0 Å². The van der Waals surface area contributed by atoms with E-state index in [1.165, 1.54) is 92.1 Å². The summed E-state index contributed by atoms with van der Waals surface area (Å²) in [6.45, 7) is 41.6. The summed E-state index contributed by atoms with van der Waals surface area (Å²) in [5.41, 5.74) is 25.0. The Labute approximate surface area is 564 Å². The van der Waals surface area contributed by atoms with Crippen LogP contribution in [0.15, 0.2) is 224 Å². The molecule has 0 N–H and O–H groups in total. The van der Waals surface area contributed by atoms with Gasteiger partial charge in [0.15, 0.2) is 0 Å². The predicted molar refractivity (Wildman–Crippen MR) is 412 cm³/mol. The van der Waals surface area contributed by atoms with Crippen molar-refractivity contribution in [3.8, 4) is 0 Å². The van der Waals surface area contributed by atoms with Crippen molar-refractivity contribution in [2.75, 3.05) is 19.6 Å². The van der Waals surface area contributed by atoms with Gasteiger partial charge >= 0.3 is 0 Å². The first-order chi connectivity index (χ1) is 44.4. The first-order valence-corrected chi connectivity index (χ1v) is 34.7. The summed E-state index contributed by atoms with van der Waals surface area (Å²) in [4.78, 5) is 10.3. The molecule has 2 aliphatic rings. The van der Waals surface area contributed by atoms with Crippen molar-refractivity contribution in [1.29, 1.82) is 0 Å². The van der Waals surface area contributed by atoms with E-state index in [4.69, 9.17) is 0 Å². The van der Waals surface area contributed by atoms with E-state index in [-0.39, 0.29) is 39.2 Å². The largest absolute Gasteiger partial charge is 0.311 e. The third kappa shape index (κ3) is 11.1. The van der Waals surface area contributed by atoms with E-state index < -0.39 is 0 Å². The Morgan fingerprint density at radius 1 is 0.298 bits per heavy atom. The number of benzene rings is 11. The minimum Gasteiger partial charge on any atom is -0.311 e. The van der Waals surface area contributed by atoms with E-state index in [0.29, 0.717) is 0 Å². The van der Waals surface area contributed by atoms with E-state index in [1.54, 1.807) is 0 Å². The normalized spacial score (nSPS) is 13.6. The van der Waals surface area contributed by atoms with Gasteiger partial charge in [-0.25, -0.2) is 0 Å². The van der Waals surface area contributed by atoms with Crippen LogP contribution in [0.2, 0.25) is 0 Å². The van der Waals surface area contributed by atoms with Crippen LogP contribution in [0.3, 0.4) is 0 Å². The van der Waals surface area contributed by atoms with Crippen molar-refractivity contribution in [2.24, 2.45) is 0 Å². The zero-order valence-corrected chi connectivity index (χ0v) is 59.5. The van der Waals surface area contributed by atoms with Crippen LogP contribution in [0, 0.1) is 0 Å². The van der Waals surface area contributed by atoms with Crippen LogP contribution in [-0.4, -0.2) is 6.71 Å². The van der Waals surface area contributed by atoms with E-state index in [2.05, 4.69) is 369 Å². The fourth-order valence-electron chi connectivity index (χ4n) is 14.4. The molecule has 14 rings (SSSR count). The maximum Gasteiger partial charge on any atom is 0.252 e. The maximum atomic E-state index is 2.67. The molecule has 94 heavy (non-hydrogen) atoms. The summed E-state index contributed by atoms with van der Waals surface area (Å²) in [6, 6.07) is 87.4. The Kier molecular flexibility index (Phi) is 14.9. The van der Waals surface area contributed by atoms with Gasteiger partial charge in [0.2, 0.25) is 0 Å². The highest BCUT2D eigenvalue weighted by molar-refractivity contribution is 7.26. The third-order valence-corrected chi connectivity index (χ3v) is 21.2. The highest BCUT2D eigenvalue weighted by atomic mass is 32.1. The van der Waals surface area contributed by atoms with Crippen LogP contribution in [0.4, 0.5) is 68.2 Å². The minimum absolute atomic E-state index is 0.0185. The smallest absolute Gasteiger partial charge is 0.252 e. The van der Waals surface area contributed by atoms with Crippen molar-refractivity contribution < 1.29 is 0 Å². The highest BCUT2D eigenvalue weighted by Gasteiger charge is 2.46. The lowest BCUT2D eigenvalue weighted by molar-refractivity contribution is 0.590. The monoisotopic (exact) mass is 1250 g/mol.